The Morgan fingerprint density at radius 3 is 2.62 bits per heavy atom. The molecule has 0 spiro atoms. The fraction of sp³-hybridized carbons (Fsp3) is 0.105. The van der Waals surface area contributed by atoms with Crippen LogP contribution in [0.25, 0.3) is 0 Å². The Morgan fingerprint density at radius 1 is 1.12 bits per heavy atom. The zero-order valence-corrected chi connectivity index (χ0v) is 14.5. The first-order valence-corrected chi connectivity index (χ1v) is 7.93. The third-order valence-corrected chi connectivity index (χ3v) is 3.57. The molecule has 7 heteroatoms. The molecule has 0 aliphatic rings. The summed E-state index contributed by atoms with van der Waals surface area (Å²) >= 11 is 0. The number of hydrogen-bond acceptors (Lipinski definition) is 5. The van der Waals surface area contributed by atoms with Crippen LogP contribution in [-0.2, 0) is 7.05 Å². The minimum Gasteiger partial charge on any atom is -0.494 e. The Kier molecular flexibility index (Phi) is 5.28. The normalized spacial score (nSPS) is 10.7. The standard InChI is InChI=1S/C19H17N5O2/c1-24-11-8-14(9-12-24)22-23-16-7-6-15(13-18(16)26-2)21-19(25)17-5-3-4-10-20-17/h3-13H,1-2H3/p+1. The van der Waals surface area contributed by atoms with Gasteiger partial charge in [-0.1, -0.05) is 6.07 Å². The van der Waals surface area contributed by atoms with Crippen LogP contribution in [0.5, 0.6) is 5.75 Å². The number of amides is 1. The van der Waals surface area contributed by atoms with Crippen LogP contribution in [0.2, 0.25) is 0 Å². The number of pyridine rings is 2. The van der Waals surface area contributed by atoms with E-state index in [1.807, 2.05) is 36.1 Å². The second kappa shape index (κ2) is 7.98. The van der Waals surface area contributed by atoms with Gasteiger partial charge in [-0.25, -0.2) is 4.57 Å². The molecule has 0 aliphatic carbocycles. The van der Waals surface area contributed by atoms with Crippen LogP contribution in [-0.4, -0.2) is 18.0 Å². The van der Waals surface area contributed by atoms with Crippen molar-refractivity contribution in [1.82, 2.24) is 4.98 Å². The molecule has 0 aliphatic heterocycles. The SMILES string of the molecule is COc1cc(NC(=O)c2ccccn2)ccc1N=Nc1cc[n+](C)cc1. The Morgan fingerprint density at radius 2 is 1.92 bits per heavy atom. The Balaban J connectivity index is 1.77. The molecule has 26 heavy (non-hydrogen) atoms. The Hall–Kier alpha value is -3.61. The Bertz CT molecular complexity index is 924. The fourth-order valence-corrected chi connectivity index (χ4v) is 2.20. The summed E-state index contributed by atoms with van der Waals surface area (Å²) in [5, 5.41) is 11.2. The van der Waals surface area contributed by atoms with Gasteiger partial charge in [0.2, 0.25) is 0 Å². The molecule has 1 N–H and O–H groups in total. The number of carbonyl (C=O) groups excluding carboxylic acids is 1. The van der Waals surface area contributed by atoms with Gasteiger partial charge in [-0.15, -0.1) is 10.2 Å². The molecule has 1 amide bonds. The lowest BCUT2D eigenvalue weighted by atomic mass is 10.2. The molecule has 0 saturated heterocycles. The summed E-state index contributed by atoms with van der Waals surface area (Å²) in [5.74, 6) is 0.216. The molecule has 130 valence electrons. The molecule has 3 rings (SSSR count). The van der Waals surface area contributed by atoms with E-state index >= 15 is 0 Å². The van der Waals surface area contributed by atoms with Gasteiger partial charge in [0.1, 0.15) is 24.2 Å². The smallest absolute Gasteiger partial charge is 0.274 e. The van der Waals surface area contributed by atoms with E-state index in [0.717, 1.165) is 5.69 Å². The zero-order chi connectivity index (χ0) is 18.4. The second-order valence-electron chi connectivity index (χ2n) is 5.48. The predicted molar refractivity (Wildman–Crippen MR) is 97.0 cm³/mol. The number of ether oxygens (including phenoxy) is 1. The summed E-state index contributed by atoms with van der Waals surface area (Å²) in [6.45, 7) is 0. The molecule has 0 unspecified atom stereocenters. The summed E-state index contributed by atoms with van der Waals surface area (Å²) in [6.07, 6.45) is 5.35. The largest absolute Gasteiger partial charge is 0.494 e. The van der Waals surface area contributed by atoms with E-state index in [0.29, 0.717) is 22.8 Å². The van der Waals surface area contributed by atoms with Crippen molar-refractivity contribution >= 4 is 23.0 Å². The maximum atomic E-state index is 12.2. The molecule has 0 radical (unpaired) electrons. The molecule has 0 fully saturated rings. The first kappa shape index (κ1) is 17.2. The van der Waals surface area contributed by atoms with Crippen molar-refractivity contribution in [1.29, 1.82) is 0 Å². The summed E-state index contributed by atoms with van der Waals surface area (Å²) in [6, 6.07) is 14.0. The number of benzene rings is 1. The quantitative estimate of drug-likeness (QED) is 0.565. The van der Waals surface area contributed by atoms with E-state index in [2.05, 4.69) is 20.5 Å². The van der Waals surface area contributed by atoms with E-state index in [-0.39, 0.29) is 5.91 Å². The van der Waals surface area contributed by atoms with Crippen molar-refractivity contribution < 1.29 is 14.1 Å². The van der Waals surface area contributed by atoms with Crippen molar-refractivity contribution in [3.63, 3.8) is 0 Å². The van der Waals surface area contributed by atoms with E-state index in [1.165, 1.54) is 0 Å². The number of azo groups is 1. The molecule has 0 bridgehead atoms. The Labute approximate surface area is 151 Å². The van der Waals surface area contributed by atoms with Crippen LogP contribution in [0.4, 0.5) is 17.1 Å². The number of nitrogens with one attached hydrogen (secondary N) is 1. The lowest BCUT2D eigenvalue weighted by Crippen LogP contribution is -2.25. The first-order valence-electron chi connectivity index (χ1n) is 7.93. The topological polar surface area (TPSA) is 79.8 Å². The second-order valence-corrected chi connectivity index (χ2v) is 5.48. The lowest BCUT2D eigenvalue weighted by molar-refractivity contribution is -0.671. The number of carbonyl (C=O) groups is 1. The average Bonchev–Trinajstić information content (AvgIpc) is 2.68. The van der Waals surface area contributed by atoms with Crippen molar-refractivity contribution in [2.45, 2.75) is 0 Å². The van der Waals surface area contributed by atoms with Gasteiger partial charge in [0.25, 0.3) is 5.91 Å². The van der Waals surface area contributed by atoms with Gasteiger partial charge in [0.15, 0.2) is 12.4 Å². The van der Waals surface area contributed by atoms with E-state index in [4.69, 9.17) is 4.74 Å². The average molecular weight is 348 g/mol. The third-order valence-electron chi connectivity index (χ3n) is 3.57. The molecule has 3 aromatic rings. The molecular formula is C19H18N5O2+. The van der Waals surface area contributed by atoms with Gasteiger partial charge in [0, 0.05) is 30.1 Å². The number of aromatic nitrogens is 2. The van der Waals surface area contributed by atoms with E-state index in [1.54, 1.807) is 49.7 Å². The van der Waals surface area contributed by atoms with E-state index in [9.17, 15) is 4.79 Å². The van der Waals surface area contributed by atoms with Crippen molar-refractivity contribution in [3.05, 3.63) is 72.8 Å². The minimum absolute atomic E-state index is 0.292. The number of hydrogen-bond donors (Lipinski definition) is 1. The highest BCUT2D eigenvalue weighted by Crippen LogP contribution is 2.31. The summed E-state index contributed by atoms with van der Waals surface area (Å²) < 4.78 is 7.27. The van der Waals surface area contributed by atoms with Gasteiger partial charge in [-0.2, -0.15) is 0 Å². The molecule has 0 atom stereocenters. The molecular weight excluding hydrogens is 330 g/mol. The van der Waals surface area contributed by atoms with Gasteiger partial charge < -0.3 is 10.1 Å². The van der Waals surface area contributed by atoms with Crippen LogP contribution in [0.15, 0.2) is 77.3 Å². The lowest BCUT2D eigenvalue weighted by Gasteiger charge is -2.08. The van der Waals surface area contributed by atoms with Crippen LogP contribution in [0.1, 0.15) is 10.5 Å². The maximum absolute atomic E-state index is 12.2. The van der Waals surface area contributed by atoms with Crippen LogP contribution >= 0.6 is 0 Å². The monoisotopic (exact) mass is 348 g/mol. The predicted octanol–water partition coefficient (Wildman–Crippen LogP) is 3.58. The van der Waals surface area contributed by atoms with Crippen LogP contribution in [0.3, 0.4) is 0 Å². The summed E-state index contributed by atoms with van der Waals surface area (Å²) in [7, 11) is 3.48. The molecule has 0 saturated carbocycles. The molecule has 7 nitrogen and oxygen atoms in total. The highest BCUT2D eigenvalue weighted by molar-refractivity contribution is 6.03. The minimum atomic E-state index is -0.292. The van der Waals surface area contributed by atoms with Gasteiger partial charge in [-0.05, 0) is 24.3 Å². The van der Waals surface area contributed by atoms with Gasteiger partial charge in [0.05, 0.1) is 12.8 Å². The summed E-state index contributed by atoms with van der Waals surface area (Å²) in [5.41, 5.74) is 2.23. The van der Waals surface area contributed by atoms with Gasteiger partial charge >= 0.3 is 0 Å². The van der Waals surface area contributed by atoms with Gasteiger partial charge in [-0.3, -0.25) is 9.78 Å². The number of methoxy groups -OCH3 is 1. The van der Waals surface area contributed by atoms with Crippen molar-refractivity contribution in [2.24, 2.45) is 17.3 Å². The first-order chi connectivity index (χ1) is 12.7. The van der Waals surface area contributed by atoms with Crippen LogP contribution < -0.4 is 14.6 Å². The number of aryl methyl sites for hydroxylation is 1. The molecule has 1 aromatic carbocycles. The highest BCUT2D eigenvalue weighted by Gasteiger charge is 2.09. The van der Waals surface area contributed by atoms with E-state index < -0.39 is 0 Å². The number of anilines is 1. The van der Waals surface area contributed by atoms with Crippen LogP contribution in [0, 0.1) is 0 Å². The fourth-order valence-electron chi connectivity index (χ4n) is 2.20. The maximum Gasteiger partial charge on any atom is 0.274 e. The molecule has 2 heterocycles. The van der Waals surface area contributed by atoms with Crippen molar-refractivity contribution in [3.8, 4) is 5.75 Å². The number of nitrogens with zero attached hydrogens (tertiary/aromatic N) is 4. The number of rotatable bonds is 5. The summed E-state index contributed by atoms with van der Waals surface area (Å²) in [4.78, 5) is 16.2. The highest BCUT2D eigenvalue weighted by atomic mass is 16.5. The molecule has 2 aromatic heterocycles. The van der Waals surface area contributed by atoms with Crippen molar-refractivity contribution in [2.75, 3.05) is 12.4 Å². The third kappa shape index (κ3) is 4.27. The zero-order valence-electron chi connectivity index (χ0n) is 14.5.